The number of allylic oxidation sites excluding steroid dienone is 9. The van der Waals surface area contributed by atoms with Gasteiger partial charge in [-0.05, 0) is 70.6 Å². The first-order chi connectivity index (χ1) is 49.8. The van der Waals surface area contributed by atoms with Gasteiger partial charge in [0.2, 0.25) is 5.91 Å². The summed E-state index contributed by atoms with van der Waals surface area (Å²) in [5, 5.41) is 121. The summed E-state index contributed by atoms with van der Waals surface area (Å²) in [5.41, 5.74) is 0. The third kappa shape index (κ3) is 42.9. The smallest absolute Gasteiger partial charge is 0.220 e. The first-order valence-corrected chi connectivity index (χ1v) is 41.5. The molecule has 0 bridgehead atoms. The molecule has 3 fully saturated rings. The fourth-order valence-corrected chi connectivity index (χ4v) is 13.9. The largest absolute Gasteiger partial charge is 0.394 e. The molecule has 3 saturated heterocycles. The van der Waals surface area contributed by atoms with Crippen molar-refractivity contribution in [3.05, 3.63) is 60.8 Å². The molecule has 0 aromatic heterocycles. The zero-order valence-electron chi connectivity index (χ0n) is 63.8. The summed E-state index contributed by atoms with van der Waals surface area (Å²) in [7, 11) is 0. The van der Waals surface area contributed by atoms with Crippen LogP contribution in [0.3, 0.4) is 0 Å². The molecule has 102 heavy (non-hydrogen) atoms. The van der Waals surface area contributed by atoms with E-state index in [9.17, 15) is 61.0 Å². The van der Waals surface area contributed by atoms with Gasteiger partial charge < -0.3 is 89.9 Å². The van der Waals surface area contributed by atoms with Crippen LogP contribution in [0.2, 0.25) is 0 Å². The summed E-state index contributed by atoms with van der Waals surface area (Å²) >= 11 is 0. The van der Waals surface area contributed by atoms with Crippen LogP contribution in [-0.4, -0.2) is 193 Å². The number of aliphatic hydroxyl groups is 11. The monoisotopic (exact) mass is 1450 g/mol. The van der Waals surface area contributed by atoms with E-state index in [4.69, 9.17) is 28.4 Å². The lowest BCUT2D eigenvalue weighted by atomic mass is 9.96. The molecular weight excluding hydrogens is 1300 g/mol. The molecule has 3 aliphatic heterocycles. The van der Waals surface area contributed by atoms with Crippen LogP contribution < -0.4 is 5.32 Å². The van der Waals surface area contributed by atoms with Crippen LogP contribution in [-0.2, 0) is 33.2 Å². The summed E-state index contributed by atoms with van der Waals surface area (Å²) in [6.45, 7) is 1.74. The van der Waals surface area contributed by atoms with E-state index in [0.717, 1.165) is 51.4 Å². The van der Waals surface area contributed by atoms with Crippen molar-refractivity contribution in [2.75, 3.05) is 26.4 Å². The number of nitrogens with one attached hydrogen (secondary N) is 1. The summed E-state index contributed by atoms with van der Waals surface area (Å²) in [5.74, 6) is -0.280. The molecular formula is C83H151NO18. The van der Waals surface area contributed by atoms with E-state index < -0.39 is 124 Å². The van der Waals surface area contributed by atoms with Gasteiger partial charge in [0.15, 0.2) is 18.9 Å². The maximum Gasteiger partial charge on any atom is 0.220 e. The fraction of sp³-hybridized carbons (Fsp3) is 0.867. The van der Waals surface area contributed by atoms with Gasteiger partial charge in [-0.25, -0.2) is 0 Å². The Bertz CT molecular complexity index is 2080. The van der Waals surface area contributed by atoms with E-state index in [0.29, 0.717) is 12.8 Å². The van der Waals surface area contributed by atoms with Gasteiger partial charge in [-0.1, -0.05) is 312 Å². The molecule has 0 aromatic rings. The number of rotatable bonds is 66. The van der Waals surface area contributed by atoms with Crippen LogP contribution in [0.5, 0.6) is 0 Å². The molecule has 19 heteroatoms. The van der Waals surface area contributed by atoms with Crippen molar-refractivity contribution < 1.29 is 89.4 Å². The second-order valence-corrected chi connectivity index (χ2v) is 29.6. The number of carbonyl (C=O) groups is 1. The van der Waals surface area contributed by atoms with E-state index in [1.165, 1.54) is 244 Å². The fourth-order valence-electron chi connectivity index (χ4n) is 13.9. The highest BCUT2D eigenvalue weighted by Crippen LogP contribution is 2.33. The minimum atomic E-state index is -1.98. The number of carbonyl (C=O) groups excluding carboxylic acids is 1. The predicted molar refractivity (Wildman–Crippen MR) is 406 cm³/mol. The van der Waals surface area contributed by atoms with Crippen molar-refractivity contribution >= 4 is 5.91 Å². The minimum Gasteiger partial charge on any atom is -0.394 e. The highest BCUT2D eigenvalue weighted by Gasteiger charge is 2.54. The molecule has 0 aliphatic carbocycles. The lowest BCUT2D eigenvalue weighted by Crippen LogP contribution is -2.66. The SMILES string of the molecule is CCCCCCC/C=C\C/C=C\C/C=C\CCCCCCCCCCCCCCCCCCCCCCCCC(=O)NC(COC1OC(CO)C(OC2OC(CO)C(OC3OC(CO)C(O)C(O)C3O)C(O)C2O)C(O)C1O)C(O)/C=C/CC/C=C/CCCCCCCCCCCCCCCC. The number of hydrogen-bond donors (Lipinski definition) is 12. The number of hydrogen-bond acceptors (Lipinski definition) is 18. The molecule has 3 rings (SSSR count). The van der Waals surface area contributed by atoms with Gasteiger partial charge in [-0.3, -0.25) is 4.79 Å². The molecule has 0 saturated carbocycles. The van der Waals surface area contributed by atoms with Gasteiger partial charge in [-0.15, -0.1) is 0 Å². The molecule has 3 heterocycles. The van der Waals surface area contributed by atoms with E-state index in [1.807, 2.05) is 6.08 Å². The molecule has 17 atom stereocenters. The normalized spacial score (nSPS) is 26.5. The van der Waals surface area contributed by atoms with Crippen LogP contribution in [0.1, 0.15) is 328 Å². The van der Waals surface area contributed by atoms with Gasteiger partial charge in [0.05, 0.1) is 38.6 Å². The molecule has 3 aliphatic rings. The van der Waals surface area contributed by atoms with E-state index in [2.05, 4.69) is 67.8 Å². The Morgan fingerprint density at radius 2 is 0.657 bits per heavy atom. The number of ether oxygens (including phenoxy) is 6. The Kier molecular flexibility index (Phi) is 58.3. The summed E-state index contributed by atoms with van der Waals surface area (Å²) in [6, 6.07) is -0.991. The van der Waals surface area contributed by atoms with Gasteiger partial charge in [0.1, 0.15) is 73.2 Å². The van der Waals surface area contributed by atoms with Gasteiger partial charge in [0, 0.05) is 6.42 Å². The first-order valence-electron chi connectivity index (χ1n) is 41.5. The molecule has 17 unspecified atom stereocenters. The number of aliphatic hydroxyl groups excluding tert-OH is 11. The van der Waals surface area contributed by atoms with Gasteiger partial charge in [-0.2, -0.15) is 0 Å². The van der Waals surface area contributed by atoms with Gasteiger partial charge >= 0.3 is 0 Å². The van der Waals surface area contributed by atoms with E-state index in [-0.39, 0.29) is 18.9 Å². The van der Waals surface area contributed by atoms with Crippen LogP contribution in [0.15, 0.2) is 60.8 Å². The van der Waals surface area contributed by atoms with Crippen molar-refractivity contribution in [2.24, 2.45) is 0 Å². The Hall–Kier alpha value is -2.51. The molecule has 19 nitrogen and oxygen atoms in total. The maximum atomic E-state index is 13.5. The minimum absolute atomic E-state index is 0.237. The maximum absolute atomic E-state index is 13.5. The third-order valence-corrected chi connectivity index (χ3v) is 20.5. The van der Waals surface area contributed by atoms with E-state index >= 15 is 0 Å². The second kappa shape index (κ2) is 63.4. The predicted octanol–water partition coefficient (Wildman–Crippen LogP) is 14.2. The number of amides is 1. The highest BCUT2D eigenvalue weighted by molar-refractivity contribution is 5.76. The first kappa shape index (κ1) is 93.7. The van der Waals surface area contributed by atoms with Crippen molar-refractivity contribution in [2.45, 2.75) is 433 Å². The summed E-state index contributed by atoms with van der Waals surface area (Å²) in [4.78, 5) is 13.5. The van der Waals surface area contributed by atoms with Crippen LogP contribution in [0.25, 0.3) is 0 Å². The molecule has 12 N–H and O–H groups in total. The second-order valence-electron chi connectivity index (χ2n) is 29.6. The summed E-state index contributed by atoms with van der Waals surface area (Å²) in [6.07, 6.45) is 55.1. The topological polar surface area (TPSA) is 307 Å². The molecule has 1 amide bonds. The molecule has 0 aromatic carbocycles. The van der Waals surface area contributed by atoms with Gasteiger partial charge in [0.25, 0.3) is 0 Å². The van der Waals surface area contributed by atoms with E-state index in [1.54, 1.807) is 6.08 Å². The van der Waals surface area contributed by atoms with Crippen molar-refractivity contribution in [1.82, 2.24) is 5.32 Å². The average Bonchev–Trinajstić information content (AvgIpc) is 0.778. The highest BCUT2D eigenvalue weighted by atomic mass is 16.8. The van der Waals surface area contributed by atoms with Crippen LogP contribution in [0.4, 0.5) is 0 Å². The Morgan fingerprint density at radius 1 is 0.353 bits per heavy atom. The van der Waals surface area contributed by atoms with Crippen molar-refractivity contribution in [3.8, 4) is 0 Å². The zero-order valence-corrected chi connectivity index (χ0v) is 63.8. The molecule has 0 radical (unpaired) electrons. The Labute approximate surface area is 617 Å². The quantitative estimate of drug-likeness (QED) is 0.0199. The van der Waals surface area contributed by atoms with Crippen molar-refractivity contribution in [3.63, 3.8) is 0 Å². The standard InChI is InChI=1S/C83H151NO18/c1-3-5-7-9-11-13-15-17-19-21-23-25-26-27-28-29-30-31-32-33-34-35-36-37-38-39-40-41-43-45-47-49-51-53-55-57-59-61-71(89)84-66(67(88)60-58-56-54-52-50-48-46-44-42-24-22-20-18-16-14-12-10-8-6-4-2)65-97-81-77(95)74(92)79(69(63-86)99-81)102-83-78(96)75(93)80(70(64-87)100-83)101-82-76(94)73(91)72(90)68(62-85)98-82/h15,17,21,23,26-27,50,52,58,60,66-70,72-83,85-88,90-96H,3-14,16,18-20,22,24-25,28-49,51,53-57,59,61-65H2,1-2H3,(H,84,89)/b17-15-,23-21-,27-26-,52-50+,60-58+. The summed E-state index contributed by atoms with van der Waals surface area (Å²) < 4.78 is 34.4. The lowest BCUT2D eigenvalue weighted by molar-refractivity contribution is -0.379. The van der Waals surface area contributed by atoms with Crippen molar-refractivity contribution in [1.29, 1.82) is 0 Å². The third-order valence-electron chi connectivity index (χ3n) is 20.5. The lowest BCUT2D eigenvalue weighted by Gasteiger charge is -2.48. The zero-order chi connectivity index (χ0) is 73.9. The molecule has 596 valence electrons. The Balaban J connectivity index is 1.33. The van der Waals surface area contributed by atoms with Crippen LogP contribution >= 0.6 is 0 Å². The Morgan fingerprint density at radius 3 is 1.05 bits per heavy atom. The van der Waals surface area contributed by atoms with Crippen LogP contribution in [0, 0.1) is 0 Å². The average molecular weight is 1450 g/mol. The number of unbranched alkanes of at least 4 members (excludes halogenated alkanes) is 42. The molecule has 0 spiro atoms.